The van der Waals surface area contributed by atoms with Crippen LogP contribution in [0.2, 0.25) is 0 Å². The minimum absolute atomic E-state index is 0.893. The number of rotatable bonds is 5. The smallest absolute Gasteiger partial charge is 0.131 e. The van der Waals surface area contributed by atoms with Gasteiger partial charge in [0.25, 0.3) is 0 Å². The number of aromatic nitrogens is 1. The third-order valence-corrected chi connectivity index (χ3v) is 3.21. The number of anilines is 1. The Kier molecular flexibility index (Phi) is 4.76. The van der Waals surface area contributed by atoms with Crippen LogP contribution >= 0.6 is 15.9 Å². The monoisotopic (exact) mass is 304 g/mol. The van der Waals surface area contributed by atoms with Crippen molar-refractivity contribution in [3.8, 4) is 0 Å². The van der Waals surface area contributed by atoms with Gasteiger partial charge in [-0.15, -0.1) is 0 Å². The second-order valence-corrected chi connectivity index (χ2v) is 5.03. The van der Waals surface area contributed by atoms with Crippen molar-refractivity contribution >= 4 is 21.7 Å². The maximum Gasteiger partial charge on any atom is 0.131 e. The Hall–Kier alpha value is -1.35. The summed E-state index contributed by atoms with van der Waals surface area (Å²) in [7, 11) is 0. The third-order valence-electron chi connectivity index (χ3n) is 2.85. The molecule has 0 aliphatic rings. The molecule has 1 aromatic heterocycles. The molecule has 0 unspecified atom stereocenters. The molecule has 0 saturated carbocycles. The van der Waals surface area contributed by atoms with Crippen molar-refractivity contribution in [3.05, 3.63) is 59.8 Å². The normalized spacial score (nSPS) is 10.3. The molecule has 2 aromatic rings. The molecular formula is C15H17BrN2. The summed E-state index contributed by atoms with van der Waals surface area (Å²) in [6, 6.07) is 14.6. The van der Waals surface area contributed by atoms with Crippen LogP contribution in [0.3, 0.4) is 0 Å². The second kappa shape index (κ2) is 6.55. The Balaban J connectivity index is 2.21. The van der Waals surface area contributed by atoms with Crippen molar-refractivity contribution in [1.29, 1.82) is 0 Å². The molecule has 18 heavy (non-hydrogen) atoms. The lowest BCUT2D eigenvalue weighted by molar-refractivity contribution is 0.816. The fourth-order valence-corrected chi connectivity index (χ4v) is 2.40. The molecule has 3 heteroatoms. The molecule has 0 saturated heterocycles. The molecule has 0 aliphatic carbocycles. The number of benzene rings is 1. The van der Waals surface area contributed by atoms with Gasteiger partial charge in [0.1, 0.15) is 5.82 Å². The summed E-state index contributed by atoms with van der Waals surface area (Å²) in [6.45, 7) is 3.95. The third kappa shape index (κ3) is 3.33. The summed E-state index contributed by atoms with van der Waals surface area (Å²) >= 11 is 3.52. The van der Waals surface area contributed by atoms with E-state index in [4.69, 9.17) is 0 Å². The highest BCUT2D eigenvalue weighted by atomic mass is 79.9. The van der Waals surface area contributed by atoms with Gasteiger partial charge in [-0.05, 0) is 24.1 Å². The highest BCUT2D eigenvalue weighted by Gasteiger charge is 2.10. The molecule has 0 amide bonds. The Labute approximate surface area is 117 Å². The van der Waals surface area contributed by atoms with E-state index in [2.05, 4.69) is 63.1 Å². The van der Waals surface area contributed by atoms with E-state index in [1.165, 1.54) is 11.1 Å². The van der Waals surface area contributed by atoms with Gasteiger partial charge in [-0.2, -0.15) is 0 Å². The Morgan fingerprint density at radius 2 is 1.89 bits per heavy atom. The molecule has 94 valence electrons. The van der Waals surface area contributed by atoms with Crippen molar-refractivity contribution in [1.82, 2.24) is 4.98 Å². The largest absolute Gasteiger partial charge is 0.351 e. The molecule has 0 spiro atoms. The number of aryl methyl sites for hydroxylation is 1. The fraction of sp³-hybridized carbons (Fsp3) is 0.267. The summed E-state index contributed by atoms with van der Waals surface area (Å²) in [5.41, 5.74) is 2.53. The Bertz CT molecular complexity index is 485. The van der Waals surface area contributed by atoms with E-state index < -0.39 is 0 Å². The second-order valence-electron chi connectivity index (χ2n) is 4.24. The van der Waals surface area contributed by atoms with Gasteiger partial charge < -0.3 is 4.90 Å². The standard InChI is InChI=1S/C15H17BrN2/c1-13-6-5-10-17-15(13)18(11-9-16)12-14-7-3-2-4-8-14/h2-8,10H,9,11-12H2,1H3. The molecule has 1 heterocycles. The van der Waals surface area contributed by atoms with Gasteiger partial charge >= 0.3 is 0 Å². The first-order valence-corrected chi connectivity index (χ1v) is 7.20. The van der Waals surface area contributed by atoms with Crippen molar-refractivity contribution in [2.24, 2.45) is 0 Å². The van der Waals surface area contributed by atoms with Crippen molar-refractivity contribution in [2.45, 2.75) is 13.5 Å². The average molecular weight is 305 g/mol. The quantitative estimate of drug-likeness (QED) is 0.781. The lowest BCUT2D eigenvalue weighted by Crippen LogP contribution is -2.26. The minimum Gasteiger partial charge on any atom is -0.351 e. The maximum atomic E-state index is 4.50. The minimum atomic E-state index is 0.893. The van der Waals surface area contributed by atoms with Gasteiger partial charge in [0.05, 0.1) is 0 Å². The lowest BCUT2D eigenvalue weighted by atomic mass is 10.2. The summed E-state index contributed by atoms with van der Waals surface area (Å²) in [4.78, 5) is 6.80. The van der Waals surface area contributed by atoms with Gasteiger partial charge in [0.2, 0.25) is 0 Å². The lowest BCUT2D eigenvalue weighted by Gasteiger charge is -2.24. The average Bonchev–Trinajstić information content (AvgIpc) is 2.40. The SMILES string of the molecule is Cc1cccnc1N(CCBr)Cc1ccccc1. The predicted molar refractivity (Wildman–Crippen MR) is 80.3 cm³/mol. The number of nitrogens with zero attached hydrogens (tertiary/aromatic N) is 2. The van der Waals surface area contributed by atoms with Crippen LogP contribution in [0.15, 0.2) is 48.7 Å². The number of hydrogen-bond donors (Lipinski definition) is 0. The first kappa shape index (κ1) is 13.1. The number of alkyl halides is 1. The van der Waals surface area contributed by atoms with Crippen LogP contribution in [0.5, 0.6) is 0 Å². The molecule has 2 nitrogen and oxygen atoms in total. The first-order chi connectivity index (χ1) is 8.81. The molecule has 2 rings (SSSR count). The van der Waals surface area contributed by atoms with Crippen molar-refractivity contribution in [3.63, 3.8) is 0 Å². The van der Waals surface area contributed by atoms with E-state index in [1.807, 2.05) is 18.3 Å². The Morgan fingerprint density at radius 1 is 1.11 bits per heavy atom. The van der Waals surface area contributed by atoms with Crippen LogP contribution in [0.25, 0.3) is 0 Å². The van der Waals surface area contributed by atoms with Crippen LogP contribution < -0.4 is 4.90 Å². The summed E-state index contributed by atoms with van der Waals surface area (Å²) in [5, 5.41) is 0.940. The van der Waals surface area contributed by atoms with E-state index in [9.17, 15) is 0 Å². The summed E-state index contributed by atoms with van der Waals surface area (Å²) in [5.74, 6) is 1.07. The van der Waals surface area contributed by atoms with Gasteiger partial charge in [-0.1, -0.05) is 52.3 Å². The molecule has 0 aliphatic heterocycles. The van der Waals surface area contributed by atoms with Gasteiger partial charge in [0.15, 0.2) is 0 Å². The fourth-order valence-electron chi connectivity index (χ4n) is 1.97. The van der Waals surface area contributed by atoms with Crippen LogP contribution in [0.1, 0.15) is 11.1 Å². The van der Waals surface area contributed by atoms with Gasteiger partial charge in [-0.25, -0.2) is 4.98 Å². The van der Waals surface area contributed by atoms with Crippen LogP contribution in [-0.4, -0.2) is 16.9 Å². The van der Waals surface area contributed by atoms with Gasteiger partial charge in [0, 0.05) is 24.6 Å². The molecule has 0 atom stereocenters. The zero-order valence-electron chi connectivity index (χ0n) is 10.5. The van der Waals surface area contributed by atoms with Crippen LogP contribution in [0, 0.1) is 6.92 Å². The molecule has 0 radical (unpaired) electrons. The number of pyridine rings is 1. The zero-order chi connectivity index (χ0) is 12.8. The van der Waals surface area contributed by atoms with Gasteiger partial charge in [-0.3, -0.25) is 0 Å². The number of halogens is 1. The summed E-state index contributed by atoms with van der Waals surface area (Å²) < 4.78 is 0. The first-order valence-electron chi connectivity index (χ1n) is 6.07. The molecule has 1 aromatic carbocycles. The molecular weight excluding hydrogens is 288 g/mol. The van der Waals surface area contributed by atoms with E-state index in [1.54, 1.807) is 0 Å². The van der Waals surface area contributed by atoms with Crippen LogP contribution in [-0.2, 0) is 6.54 Å². The van der Waals surface area contributed by atoms with Crippen molar-refractivity contribution < 1.29 is 0 Å². The van der Waals surface area contributed by atoms with E-state index in [-0.39, 0.29) is 0 Å². The van der Waals surface area contributed by atoms with E-state index in [0.29, 0.717) is 0 Å². The molecule has 0 fully saturated rings. The maximum absolute atomic E-state index is 4.50. The highest BCUT2D eigenvalue weighted by Crippen LogP contribution is 2.18. The summed E-state index contributed by atoms with van der Waals surface area (Å²) in [6.07, 6.45) is 1.86. The number of hydrogen-bond acceptors (Lipinski definition) is 2. The van der Waals surface area contributed by atoms with E-state index in [0.717, 1.165) is 24.2 Å². The Morgan fingerprint density at radius 3 is 2.56 bits per heavy atom. The molecule has 0 N–H and O–H groups in total. The molecule has 0 bridgehead atoms. The zero-order valence-corrected chi connectivity index (χ0v) is 12.1. The predicted octanol–water partition coefficient (Wildman–Crippen LogP) is 3.79. The topological polar surface area (TPSA) is 16.1 Å². The highest BCUT2D eigenvalue weighted by molar-refractivity contribution is 9.09. The van der Waals surface area contributed by atoms with Crippen molar-refractivity contribution in [2.75, 3.05) is 16.8 Å². The van der Waals surface area contributed by atoms with E-state index >= 15 is 0 Å². The van der Waals surface area contributed by atoms with Crippen LogP contribution in [0.4, 0.5) is 5.82 Å².